The van der Waals surface area contributed by atoms with Crippen LogP contribution in [-0.2, 0) is 11.3 Å². The van der Waals surface area contributed by atoms with Crippen molar-refractivity contribution in [3.8, 4) is 0 Å². The van der Waals surface area contributed by atoms with Crippen LogP contribution < -0.4 is 5.32 Å². The highest BCUT2D eigenvalue weighted by atomic mass is 16.2. The Balaban J connectivity index is 1.53. The van der Waals surface area contributed by atoms with Gasteiger partial charge in [0.05, 0.1) is 5.92 Å². The second kappa shape index (κ2) is 7.85. The topological polar surface area (TPSA) is 65.5 Å². The molecule has 0 spiro atoms. The van der Waals surface area contributed by atoms with E-state index in [4.69, 9.17) is 0 Å². The van der Waals surface area contributed by atoms with Crippen molar-refractivity contribution in [2.24, 2.45) is 5.92 Å². The maximum Gasteiger partial charge on any atom is 0.317 e. The molecule has 1 aromatic heterocycles. The lowest BCUT2D eigenvalue weighted by atomic mass is 9.97. The maximum absolute atomic E-state index is 12.6. The molecule has 0 radical (unpaired) electrons. The first-order valence-electron chi connectivity index (χ1n) is 9.28. The number of nitrogens with one attached hydrogen (secondary N) is 1. The molecular formula is C19H28N4O2. The van der Waals surface area contributed by atoms with E-state index in [2.05, 4.69) is 10.3 Å². The van der Waals surface area contributed by atoms with Crippen LogP contribution in [0, 0.1) is 19.8 Å². The quantitative estimate of drug-likeness (QED) is 0.914. The van der Waals surface area contributed by atoms with Crippen LogP contribution in [0.1, 0.15) is 42.6 Å². The number of hydrogen-bond acceptors (Lipinski definition) is 3. The van der Waals surface area contributed by atoms with E-state index in [1.54, 1.807) is 4.90 Å². The zero-order valence-electron chi connectivity index (χ0n) is 15.3. The fourth-order valence-electron chi connectivity index (χ4n) is 3.87. The van der Waals surface area contributed by atoms with Gasteiger partial charge >= 0.3 is 6.03 Å². The number of pyridine rings is 1. The molecule has 0 bridgehead atoms. The van der Waals surface area contributed by atoms with E-state index < -0.39 is 0 Å². The predicted octanol–water partition coefficient (Wildman–Crippen LogP) is 2.24. The van der Waals surface area contributed by atoms with Crippen molar-refractivity contribution in [3.63, 3.8) is 0 Å². The van der Waals surface area contributed by atoms with Gasteiger partial charge in [-0.15, -0.1) is 0 Å². The van der Waals surface area contributed by atoms with E-state index in [0.29, 0.717) is 13.1 Å². The third-order valence-corrected chi connectivity index (χ3v) is 5.06. The van der Waals surface area contributed by atoms with Gasteiger partial charge < -0.3 is 15.1 Å². The summed E-state index contributed by atoms with van der Waals surface area (Å²) in [5, 5.41) is 2.99. The van der Waals surface area contributed by atoms with E-state index >= 15 is 0 Å². The molecule has 1 unspecified atom stereocenters. The second-order valence-corrected chi connectivity index (χ2v) is 7.23. The van der Waals surface area contributed by atoms with Gasteiger partial charge in [0.25, 0.3) is 0 Å². The second-order valence-electron chi connectivity index (χ2n) is 7.23. The molecule has 1 atom stereocenters. The fraction of sp³-hybridized carbons (Fsp3) is 0.632. The summed E-state index contributed by atoms with van der Waals surface area (Å²) in [7, 11) is 0. The average molecular weight is 344 g/mol. The molecule has 1 N–H and O–H groups in total. The van der Waals surface area contributed by atoms with Gasteiger partial charge in [-0.1, -0.05) is 0 Å². The van der Waals surface area contributed by atoms with Crippen LogP contribution in [0.15, 0.2) is 12.1 Å². The average Bonchev–Trinajstić information content (AvgIpc) is 3.13. The lowest BCUT2D eigenvalue weighted by Gasteiger charge is -2.34. The first kappa shape index (κ1) is 17.7. The third kappa shape index (κ3) is 4.50. The lowest BCUT2D eigenvalue weighted by Crippen LogP contribution is -2.49. The molecule has 25 heavy (non-hydrogen) atoms. The molecule has 3 rings (SSSR count). The Kier molecular flexibility index (Phi) is 5.56. The largest absolute Gasteiger partial charge is 0.342 e. The van der Waals surface area contributed by atoms with Crippen LogP contribution in [0.3, 0.4) is 0 Å². The summed E-state index contributed by atoms with van der Waals surface area (Å²) in [6, 6.07) is 3.90. The minimum Gasteiger partial charge on any atom is -0.342 e. The van der Waals surface area contributed by atoms with Crippen LogP contribution in [0.2, 0.25) is 0 Å². The molecule has 1 aromatic rings. The van der Waals surface area contributed by atoms with Crippen LogP contribution in [0.4, 0.5) is 4.79 Å². The first-order valence-corrected chi connectivity index (χ1v) is 9.28. The molecule has 3 amide bonds. The molecule has 0 aromatic carbocycles. The lowest BCUT2D eigenvalue weighted by molar-refractivity contribution is -0.135. The van der Waals surface area contributed by atoms with Crippen molar-refractivity contribution in [2.75, 3.05) is 26.2 Å². The fourth-order valence-corrected chi connectivity index (χ4v) is 3.87. The number of hydrogen-bond donors (Lipinski definition) is 1. The summed E-state index contributed by atoms with van der Waals surface area (Å²) in [5.74, 6) is 0.193. The number of likely N-dealkylation sites (tertiary alicyclic amines) is 2. The summed E-state index contributed by atoms with van der Waals surface area (Å²) in [6.45, 7) is 7.42. The zero-order chi connectivity index (χ0) is 17.8. The van der Waals surface area contributed by atoms with Crippen molar-refractivity contribution in [1.82, 2.24) is 20.1 Å². The number of urea groups is 1. The highest BCUT2D eigenvalue weighted by Crippen LogP contribution is 2.21. The molecular weight excluding hydrogens is 316 g/mol. The van der Waals surface area contributed by atoms with Crippen molar-refractivity contribution < 1.29 is 9.59 Å². The number of carbonyl (C=O) groups is 2. The third-order valence-electron chi connectivity index (χ3n) is 5.06. The van der Waals surface area contributed by atoms with Gasteiger partial charge in [0.15, 0.2) is 0 Å². The number of aromatic nitrogens is 1. The summed E-state index contributed by atoms with van der Waals surface area (Å²) in [5.41, 5.74) is 2.97. The minimum absolute atomic E-state index is 0.0389. The number of piperidine rings is 1. The van der Waals surface area contributed by atoms with Gasteiger partial charge in [-0.25, -0.2) is 4.79 Å². The highest BCUT2D eigenvalue weighted by Gasteiger charge is 2.32. The molecule has 2 fully saturated rings. The van der Waals surface area contributed by atoms with Gasteiger partial charge in [0.1, 0.15) is 0 Å². The Morgan fingerprint density at radius 3 is 2.40 bits per heavy atom. The number of rotatable bonds is 3. The van der Waals surface area contributed by atoms with Gasteiger partial charge in [0.2, 0.25) is 5.91 Å². The number of carbonyl (C=O) groups excluding carboxylic acids is 2. The normalized spacial score (nSPS) is 20.6. The van der Waals surface area contributed by atoms with Gasteiger partial charge in [-0.3, -0.25) is 9.78 Å². The molecule has 136 valence electrons. The Morgan fingerprint density at radius 2 is 1.72 bits per heavy atom. The van der Waals surface area contributed by atoms with Crippen molar-refractivity contribution in [1.29, 1.82) is 0 Å². The first-order chi connectivity index (χ1) is 12.0. The van der Waals surface area contributed by atoms with E-state index in [-0.39, 0.29) is 17.9 Å². The molecule has 2 aliphatic rings. The summed E-state index contributed by atoms with van der Waals surface area (Å²) in [6.07, 6.45) is 3.99. The number of amides is 3. The summed E-state index contributed by atoms with van der Waals surface area (Å²) >= 11 is 0. The van der Waals surface area contributed by atoms with Crippen molar-refractivity contribution in [3.05, 3.63) is 29.1 Å². The van der Waals surface area contributed by atoms with Crippen LogP contribution >= 0.6 is 0 Å². The van der Waals surface area contributed by atoms with Crippen molar-refractivity contribution >= 4 is 11.9 Å². The van der Waals surface area contributed by atoms with E-state index in [1.807, 2.05) is 30.9 Å². The molecule has 6 heteroatoms. The monoisotopic (exact) mass is 344 g/mol. The predicted molar refractivity (Wildman–Crippen MR) is 96.1 cm³/mol. The SMILES string of the molecule is Cc1cc(CNC(=O)N2CCCC(C(=O)N3CCCC3)C2)cc(C)n1. The van der Waals surface area contributed by atoms with Gasteiger partial charge in [0, 0.05) is 44.1 Å². The Morgan fingerprint density at radius 1 is 1.08 bits per heavy atom. The zero-order valence-corrected chi connectivity index (χ0v) is 15.3. The Labute approximate surface area is 149 Å². The van der Waals surface area contributed by atoms with E-state index in [1.165, 1.54) is 0 Å². The molecule has 3 heterocycles. The standard InChI is InChI=1S/C19H28N4O2/c1-14-10-16(11-15(2)21-14)12-20-19(25)23-9-5-6-17(13-23)18(24)22-7-3-4-8-22/h10-11,17H,3-9,12-13H2,1-2H3,(H,20,25). The van der Waals surface area contributed by atoms with E-state index in [0.717, 1.165) is 62.3 Å². The summed E-state index contributed by atoms with van der Waals surface area (Å²) in [4.78, 5) is 33.2. The molecule has 2 saturated heterocycles. The smallest absolute Gasteiger partial charge is 0.317 e. The van der Waals surface area contributed by atoms with Crippen molar-refractivity contribution in [2.45, 2.75) is 46.1 Å². The Bertz CT molecular complexity index is 620. The van der Waals surface area contributed by atoms with E-state index in [9.17, 15) is 9.59 Å². The summed E-state index contributed by atoms with van der Waals surface area (Å²) < 4.78 is 0. The molecule has 0 aliphatic carbocycles. The number of nitrogens with zero attached hydrogens (tertiary/aromatic N) is 3. The molecule has 2 aliphatic heterocycles. The minimum atomic E-state index is -0.0777. The van der Waals surface area contributed by atoms with Gasteiger partial charge in [-0.2, -0.15) is 0 Å². The maximum atomic E-state index is 12.6. The van der Waals surface area contributed by atoms with Gasteiger partial charge in [-0.05, 0) is 57.2 Å². The molecule has 0 saturated carbocycles. The number of aryl methyl sites for hydroxylation is 2. The Hall–Kier alpha value is -2.11. The molecule has 6 nitrogen and oxygen atoms in total. The van der Waals surface area contributed by atoms with Crippen LogP contribution in [0.25, 0.3) is 0 Å². The van der Waals surface area contributed by atoms with Crippen LogP contribution in [0.5, 0.6) is 0 Å². The van der Waals surface area contributed by atoms with Crippen LogP contribution in [-0.4, -0.2) is 52.9 Å². The highest BCUT2D eigenvalue weighted by molar-refractivity contribution is 5.81.